The fourth-order valence-electron chi connectivity index (χ4n) is 1.57. The van der Waals surface area contributed by atoms with Gasteiger partial charge in [-0.15, -0.1) is 0 Å². The Bertz CT molecular complexity index is 688. The summed E-state index contributed by atoms with van der Waals surface area (Å²) in [5.41, 5.74) is 1.34. The van der Waals surface area contributed by atoms with Crippen molar-refractivity contribution in [1.29, 1.82) is 0 Å². The van der Waals surface area contributed by atoms with Gasteiger partial charge in [-0.3, -0.25) is 4.79 Å². The first-order valence-electron chi connectivity index (χ1n) is 5.94. The normalized spacial score (nSPS) is 9.50. The first-order valence-corrected chi connectivity index (χ1v) is 7.11. The van der Waals surface area contributed by atoms with Crippen LogP contribution in [0, 0.1) is 11.8 Å². The Labute approximate surface area is 131 Å². The van der Waals surface area contributed by atoms with E-state index in [9.17, 15) is 4.79 Å². The molecule has 0 saturated heterocycles. The second-order valence-corrected chi connectivity index (χ2v) is 5.21. The molecule has 2 aromatic carbocycles. The van der Waals surface area contributed by atoms with Gasteiger partial charge in [0.1, 0.15) is 0 Å². The summed E-state index contributed by atoms with van der Waals surface area (Å²) >= 11 is 9.32. The Morgan fingerprint density at radius 3 is 2.60 bits per heavy atom. The Hall–Kier alpha value is -1.76. The highest BCUT2D eigenvalue weighted by Gasteiger charge is 2.07. The Balaban J connectivity index is 1.96. The first kappa shape index (κ1) is 14.6. The van der Waals surface area contributed by atoms with Gasteiger partial charge in [0.05, 0.1) is 17.1 Å². The summed E-state index contributed by atoms with van der Waals surface area (Å²) in [6.45, 7) is 0.269. The zero-order valence-electron chi connectivity index (χ0n) is 10.5. The van der Waals surface area contributed by atoms with Crippen LogP contribution in [-0.4, -0.2) is 12.5 Å². The highest BCUT2D eigenvalue weighted by molar-refractivity contribution is 9.10. The van der Waals surface area contributed by atoms with E-state index in [4.69, 9.17) is 11.6 Å². The van der Waals surface area contributed by atoms with E-state index in [1.54, 1.807) is 12.1 Å². The molecule has 4 heteroatoms. The number of rotatable bonds is 2. The number of nitrogens with one attached hydrogen (secondary N) is 1. The van der Waals surface area contributed by atoms with Gasteiger partial charge in [0, 0.05) is 10.0 Å². The van der Waals surface area contributed by atoms with E-state index in [0.29, 0.717) is 10.6 Å². The van der Waals surface area contributed by atoms with Gasteiger partial charge < -0.3 is 5.32 Å². The van der Waals surface area contributed by atoms with Crippen molar-refractivity contribution in [2.45, 2.75) is 0 Å². The molecule has 2 nitrogen and oxygen atoms in total. The second-order valence-electron chi connectivity index (χ2n) is 3.94. The van der Waals surface area contributed by atoms with E-state index in [1.807, 2.05) is 36.4 Å². The van der Waals surface area contributed by atoms with E-state index in [1.165, 1.54) is 0 Å². The second kappa shape index (κ2) is 7.14. The monoisotopic (exact) mass is 347 g/mol. The Morgan fingerprint density at radius 1 is 1.15 bits per heavy atom. The van der Waals surface area contributed by atoms with Gasteiger partial charge in [-0.2, -0.15) is 0 Å². The van der Waals surface area contributed by atoms with E-state index in [-0.39, 0.29) is 12.5 Å². The van der Waals surface area contributed by atoms with Crippen LogP contribution in [0.5, 0.6) is 0 Å². The fourth-order valence-corrected chi connectivity index (χ4v) is 2.21. The molecule has 0 heterocycles. The SMILES string of the molecule is O=C(NCC#Cc1ccccc1Cl)c1ccccc1Br. The van der Waals surface area contributed by atoms with Crippen LogP contribution in [0.3, 0.4) is 0 Å². The van der Waals surface area contributed by atoms with Crippen LogP contribution in [0.4, 0.5) is 0 Å². The molecule has 0 bridgehead atoms. The average molecular weight is 349 g/mol. The molecule has 2 rings (SSSR count). The maximum atomic E-state index is 11.9. The zero-order valence-corrected chi connectivity index (χ0v) is 12.8. The van der Waals surface area contributed by atoms with Crippen LogP contribution in [0.2, 0.25) is 5.02 Å². The molecule has 0 saturated carbocycles. The lowest BCUT2D eigenvalue weighted by Gasteiger charge is -2.03. The van der Waals surface area contributed by atoms with Crippen LogP contribution in [0.15, 0.2) is 53.0 Å². The van der Waals surface area contributed by atoms with E-state index in [0.717, 1.165) is 10.0 Å². The molecule has 100 valence electrons. The number of halogens is 2. The van der Waals surface area contributed by atoms with Gasteiger partial charge in [-0.25, -0.2) is 0 Å². The highest BCUT2D eigenvalue weighted by atomic mass is 79.9. The molecule has 0 aliphatic heterocycles. The summed E-state index contributed by atoms with van der Waals surface area (Å²) in [6, 6.07) is 14.6. The van der Waals surface area contributed by atoms with Crippen LogP contribution in [0.1, 0.15) is 15.9 Å². The van der Waals surface area contributed by atoms with Crippen LogP contribution < -0.4 is 5.32 Å². The largest absolute Gasteiger partial charge is 0.341 e. The minimum absolute atomic E-state index is 0.161. The van der Waals surface area contributed by atoms with Gasteiger partial charge in [-0.1, -0.05) is 47.7 Å². The van der Waals surface area contributed by atoms with E-state index in [2.05, 4.69) is 33.1 Å². The molecule has 1 amide bonds. The van der Waals surface area contributed by atoms with Crippen LogP contribution in [-0.2, 0) is 0 Å². The lowest BCUT2D eigenvalue weighted by molar-refractivity contribution is 0.0958. The third-order valence-corrected chi connectivity index (χ3v) is 3.57. The molecule has 0 radical (unpaired) electrons. The number of carbonyl (C=O) groups is 1. The summed E-state index contributed by atoms with van der Waals surface area (Å²) in [5, 5.41) is 3.35. The van der Waals surface area contributed by atoms with Crippen molar-refractivity contribution < 1.29 is 4.79 Å². The molecule has 1 N–H and O–H groups in total. The molecule has 0 aromatic heterocycles. The molecule has 0 aliphatic carbocycles. The Kier molecular flexibility index (Phi) is 5.23. The van der Waals surface area contributed by atoms with Crippen molar-refractivity contribution >= 4 is 33.4 Å². The summed E-state index contributed by atoms with van der Waals surface area (Å²) in [7, 11) is 0. The third kappa shape index (κ3) is 3.86. The number of hydrogen-bond acceptors (Lipinski definition) is 1. The molecule has 0 atom stereocenters. The van der Waals surface area contributed by atoms with Crippen LogP contribution in [0.25, 0.3) is 0 Å². The summed E-state index contributed by atoms with van der Waals surface area (Å²) in [5.74, 6) is 5.65. The number of hydrogen-bond donors (Lipinski definition) is 1. The van der Waals surface area contributed by atoms with Gasteiger partial charge in [0.2, 0.25) is 0 Å². The molecule has 2 aromatic rings. The zero-order chi connectivity index (χ0) is 14.4. The minimum Gasteiger partial charge on any atom is -0.341 e. The van der Waals surface area contributed by atoms with Gasteiger partial charge in [0.15, 0.2) is 0 Å². The molecule has 20 heavy (non-hydrogen) atoms. The van der Waals surface area contributed by atoms with Crippen LogP contribution >= 0.6 is 27.5 Å². The van der Waals surface area contributed by atoms with Gasteiger partial charge in [0.25, 0.3) is 5.91 Å². The fraction of sp³-hybridized carbons (Fsp3) is 0.0625. The van der Waals surface area contributed by atoms with Crippen molar-refractivity contribution in [3.8, 4) is 11.8 Å². The van der Waals surface area contributed by atoms with Crippen molar-refractivity contribution in [3.63, 3.8) is 0 Å². The minimum atomic E-state index is -0.161. The molecule has 0 spiro atoms. The summed E-state index contributed by atoms with van der Waals surface area (Å²) in [4.78, 5) is 11.9. The number of carbonyl (C=O) groups excluding carboxylic acids is 1. The molecular weight excluding hydrogens is 338 g/mol. The van der Waals surface area contributed by atoms with Gasteiger partial charge >= 0.3 is 0 Å². The summed E-state index contributed by atoms with van der Waals surface area (Å²) < 4.78 is 0.761. The topological polar surface area (TPSA) is 29.1 Å². The van der Waals surface area contributed by atoms with Crippen molar-refractivity contribution in [1.82, 2.24) is 5.32 Å². The van der Waals surface area contributed by atoms with Crippen molar-refractivity contribution in [2.75, 3.05) is 6.54 Å². The standard InChI is InChI=1S/C16H11BrClNO/c17-14-9-3-2-8-13(14)16(20)19-11-5-7-12-6-1-4-10-15(12)18/h1-4,6,8-10H,11H2,(H,19,20). The van der Waals surface area contributed by atoms with E-state index < -0.39 is 0 Å². The third-order valence-electron chi connectivity index (χ3n) is 2.55. The van der Waals surface area contributed by atoms with Gasteiger partial charge in [-0.05, 0) is 40.2 Å². The smallest absolute Gasteiger partial charge is 0.253 e. The molecular formula is C16H11BrClNO. The predicted octanol–water partition coefficient (Wildman–Crippen LogP) is 3.88. The first-order chi connectivity index (χ1) is 9.68. The molecule has 0 fully saturated rings. The molecule has 0 unspecified atom stereocenters. The number of benzene rings is 2. The number of amides is 1. The van der Waals surface area contributed by atoms with Crippen molar-refractivity contribution in [2.24, 2.45) is 0 Å². The maximum absolute atomic E-state index is 11.9. The molecule has 0 aliphatic rings. The lowest BCUT2D eigenvalue weighted by atomic mass is 10.2. The summed E-state index contributed by atoms with van der Waals surface area (Å²) in [6.07, 6.45) is 0. The highest BCUT2D eigenvalue weighted by Crippen LogP contribution is 2.15. The lowest BCUT2D eigenvalue weighted by Crippen LogP contribution is -2.23. The Morgan fingerprint density at radius 2 is 1.85 bits per heavy atom. The quantitative estimate of drug-likeness (QED) is 0.820. The predicted molar refractivity (Wildman–Crippen MR) is 84.8 cm³/mol. The van der Waals surface area contributed by atoms with E-state index >= 15 is 0 Å². The maximum Gasteiger partial charge on any atom is 0.253 e. The van der Waals surface area contributed by atoms with Crippen molar-refractivity contribution in [3.05, 3.63) is 69.2 Å². The average Bonchev–Trinajstić information content (AvgIpc) is 2.45.